The summed E-state index contributed by atoms with van der Waals surface area (Å²) < 4.78 is 6.95. The SMILES string of the molecule is c1ccc(-c2cc3ccccc3cc2N(c2ccc3cc4c(cc3c2)oc2cc3cc(N(c5cc6ccccc6cc5-c5ccccc5)c5cccc6ccccc56)ccc3cc24)c2cccc3ccccc23)cc1. The Bertz CT molecular complexity index is 4420. The molecule has 3 heteroatoms. The lowest BCUT2D eigenvalue weighted by atomic mass is 9.96. The van der Waals surface area contributed by atoms with Crippen LogP contribution in [0.5, 0.6) is 0 Å². The first-order valence-electron chi connectivity index (χ1n) is 25.7. The van der Waals surface area contributed by atoms with Crippen LogP contribution in [0.15, 0.2) is 283 Å². The van der Waals surface area contributed by atoms with Crippen molar-refractivity contribution in [2.24, 2.45) is 0 Å². The highest BCUT2D eigenvalue weighted by atomic mass is 16.3. The molecule has 0 aliphatic heterocycles. The Balaban J connectivity index is 0.900. The van der Waals surface area contributed by atoms with Crippen LogP contribution >= 0.6 is 0 Å². The molecule has 3 nitrogen and oxygen atoms in total. The van der Waals surface area contributed by atoms with E-state index in [0.717, 1.165) is 77.6 Å². The number of hydrogen-bond acceptors (Lipinski definition) is 3. The zero-order valence-electron chi connectivity index (χ0n) is 40.9. The zero-order valence-corrected chi connectivity index (χ0v) is 40.9. The predicted octanol–water partition coefficient (Wildman–Crippen LogP) is 20.8. The summed E-state index contributed by atoms with van der Waals surface area (Å²) in [6.45, 7) is 0. The molecule has 14 aromatic carbocycles. The second-order valence-corrected chi connectivity index (χ2v) is 19.7. The largest absolute Gasteiger partial charge is 0.456 e. The van der Waals surface area contributed by atoms with Crippen molar-refractivity contribution < 1.29 is 4.42 Å². The Morgan fingerprint density at radius 2 is 0.573 bits per heavy atom. The molecule has 15 aromatic rings. The van der Waals surface area contributed by atoms with Gasteiger partial charge in [0.25, 0.3) is 0 Å². The Morgan fingerprint density at radius 3 is 1.01 bits per heavy atom. The van der Waals surface area contributed by atoms with Gasteiger partial charge in [-0.3, -0.25) is 0 Å². The summed E-state index contributed by atoms with van der Waals surface area (Å²) in [5, 5.41) is 16.3. The van der Waals surface area contributed by atoms with E-state index in [1.807, 2.05) is 0 Å². The summed E-state index contributed by atoms with van der Waals surface area (Å²) in [7, 11) is 0. The van der Waals surface area contributed by atoms with E-state index in [4.69, 9.17) is 4.42 Å². The molecule has 1 aromatic heterocycles. The summed E-state index contributed by atoms with van der Waals surface area (Å²) in [5.41, 5.74) is 13.0. The van der Waals surface area contributed by atoms with Crippen molar-refractivity contribution in [3.8, 4) is 22.3 Å². The van der Waals surface area contributed by atoms with Crippen LogP contribution in [0.3, 0.4) is 0 Å². The quantitative estimate of drug-likeness (QED) is 0.151. The molecule has 0 unspecified atom stereocenters. The third-order valence-corrected chi connectivity index (χ3v) is 15.3. The molecule has 0 aliphatic rings. The van der Waals surface area contributed by atoms with E-state index in [1.54, 1.807) is 0 Å². The van der Waals surface area contributed by atoms with Crippen LogP contribution in [-0.2, 0) is 0 Å². The number of anilines is 6. The van der Waals surface area contributed by atoms with Gasteiger partial charge < -0.3 is 14.2 Å². The van der Waals surface area contributed by atoms with Crippen LogP contribution in [0.25, 0.3) is 109 Å². The standard InChI is InChI=1S/C72H46N2O/c1-3-17-49(18-4-1)63-39-51-23-7-9-25-53(51)43-69(63)73(67-31-15-27-47-21-11-13-29-61(47)67)59-35-33-55-41-65-66-42-56-34-36-60(38-58(56)46-72(66)75-71(65)45-57(55)37-59)74(68-32-16-28-48-22-12-14-30-62(48)68)70-44-54-26-10-8-24-52(54)40-64(70)50-19-5-2-6-20-50/h1-46H. The number of rotatable bonds is 8. The third kappa shape index (κ3) is 7.28. The van der Waals surface area contributed by atoms with Crippen LogP contribution in [-0.4, -0.2) is 0 Å². The molecule has 0 radical (unpaired) electrons. The molecular formula is C72H46N2O. The average molecular weight is 955 g/mol. The van der Waals surface area contributed by atoms with Gasteiger partial charge in [-0.15, -0.1) is 0 Å². The summed E-state index contributed by atoms with van der Waals surface area (Å²) >= 11 is 0. The monoisotopic (exact) mass is 954 g/mol. The van der Waals surface area contributed by atoms with E-state index in [9.17, 15) is 0 Å². The first-order chi connectivity index (χ1) is 37.1. The number of nitrogens with zero attached hydrogens (tertiary/aromatic N) is 2. The Kier molecular flexibility index (Phi) is 9.89. The summed E-state index contributed by atoms with van der Waals surface area (Å²) in [6.07, 6.45) is 0. The number of fused-ring (bicyclic) bond motifs is 9. The third-order valence-electron chi connectivity index (χ3n) is 15.3. The maximum absolute atomic E-state index is 6.95. The molecular weight excluding hydrogens is 909 g/mol. The van der Waals surface area contributed by atoms with E-state index in [2.05, 4.69) is 289 Å². The predicted molar refractivity (Wildman–Crippen MR) is 319 cm³/mol. The van der Waals surface area contributed by atoms with Crippen molar-refractivity contribution >= 4 is 121 Å². The molecule has 350 valence electrons. The van der Waals surface area contributed by atoms with Gasteiger partial charge in [-0.1, -0.05) is 194 Å². The highest BCUT2D eigenvalue weighted by Gasteiger charge is 2.23. The lowest BCUT2D eigenvalue weighted by Crippen LogP contribution is -2.12. The average Bonchev–Trinajstić information content (AvgIpc) is 3.81. The van der Waals surface area contributed by atoms with Gasteiger partial charge >= 0.3 is 0 Å². The fraction of sp³-hybridized carbons (Fsp3) is 0. The van der Waals surface area contributed by atoms with Crippen LogP contribution in [0.1, 0.15) is 0 Å². The van der Waals surface area contributed by atoms with Gasteiger partial charge in [0.05, 0.1) is 22.7 Å². The first-order valence-corrected chi connectivity index (χ1v) is 25.7. The van der Waals surface area contributed by atoms with E-state index in [1.165, 1.54) is 65.3 Å². The number of hydrogen-bond donors (Lipinski definition) is 0. The molecule has 0 amide bonds. The van der Waals surface area contributed by atoms with Gasteiger partial charge in [0.15, 0.2) is 0 Å². The lowest BCUT2D eigenvalue weighted by Gasteiger charge is -2.30. The fourth-order valence-electron chi connectivity index (χ4n) is 11.7. The van der Waals surface area contributed by atoms with E-state index in [0.29, 0.717) is 0 Å². The maximum atomic E-state index is 6.95. The van der Waals surface area contributed by atoms with Crippen molar-refractivity contribution in [2.45, 2.75) is 0 Å². The lowest BCUT2D eigenvalue weighted by molar-refractivity contribution is 0.670. The molecule has 0 saturated heterocycles. The van der Waals surface area contributed by atoms with Gasteiger partial charge in [0.1, 0.15) is 11.2 Å². The molecule has 15 rings (SSSR count). The van der Waals surface area contributed by atoms with Gasteiger partial charge in [-0.25, -0.2) is 0 Å². The normalized spacial score (nSPS) is 11.7. The molecule has 0 bridgehead atoms. The van der Waals surface area contributed by atoms with E-state index in [-0.39, 0.29) is 0 Å². The minimum absolute atomic E-state index is 0.860. The molecule has 0 N–H and O–H groups in total. The van der Waals surface area contributed by atoms with Gasteiger partial charge in [0, 0.05) is 44.0 Å². The van der Waals surface area contributed by atoms with Crippen molar-refractivity contribution in [1.82, 2.24) is 0 Å². The van der Waals surface area contributed by atoms with Crippen molar-refractivity contribution in [2.75, 3.05) is 9.80 Å². The van der Waals surface area contributed by atoms with E-state index >= 15 is 0 Å². The van der Waals surface area contributed by atoms with Gasteiger partial charge in [-0.05, 0) is 150 Å². The zero-order chi connectivity index (χ0) is 49.4. The van der Waals surface area contributed by atoms with Crippen molar-refractivity contribution in [3.05, 3.63) is 279 Å². The van der Waals surface area contributed by atoms with E-state index < -0.39 is 0 Å². The van der Waals surface area contributed by atoms with Crippen LogP contribution in [0.4, 0.5) is 34.1 Å². The Morgan fingerprint density at radius 1 is 0.213 bits per heavy atom. The molecule has 0 aliphatic carbocycles. The second kappa shape index (κ2) is 17.4. The number of furan rings is 1. The van der Waals surface area contributed by atoms with Gasteiger partial charge in [0.2, 0.25) is 0 Å². The highest BCUT2D eigenvalue weighted by Crippen LogP contribution is 2.48. The van der Waals surface area contributed by atoms with Crippen LogP contribution in [0.2, 0.25) is 0 Å². The highest BCUT2D eigenvalue weighted by molar-refractivity contribution is 6.15. The minimum Gasteiger partial charge on any atom is -0.456 e. The fourth-order valence-corrected chi connectivity index (χ4v) is 11.7. The minimum atomic E-state index is 0.860. The Hall–Kier alpha value is -9.96. The molecule has 0 spiro atoms. The van der Waals surface area contributed by atoms with Crippen molar-refractivity contribution in [1.29, 1.82) is 0 Å². The van der Waals surface area contributed by atoms with Crippen LogP contribution in [0, 0.1) is 0 Å². The van der Waals surface area contributed by atoms with Gasteiger partial charge in [-0.2, -0.15) is 0 Å². The smallest absolute Gasteiger partial charge is 0.136 e. The van der Waals surface area contributed by atoms with Crippen molar-refractivity contribution in [3.63, 3.8) is 0 Å². The summed E-state index contributed by atoms with van der Waals surface area (Å²) in [5.74, 6) is 0. The molecule has 0 saturated carbocycles. The topological polar surface area (TPSA) is 19.6 Å². The molecule has 0 atom stereocenters. The Labute approximate surface area is 434 Å². The van der Waals surface area contributed by atoms with Crippen LogP contribution < -0.4 is 9.80 Å². The summed E-state index contributed by atoms with van der Waals surface area (Å²) in [4.78, 5) is 4.90. The summed E-state index contributed by atoms with van der Waals surface area (Å²) in [6, 6.07) is 102. The second-order valence-electron chi connectivity index (χ2n) is 19.7. The maximum Gasteiger partial charge on any atom is 0.136 e. The molecule has 0 fully saturated rings. The molecule has 75 heavy (non-hydrogen) atoms. The number of benzene rings is 14. The molecule has 1 heterocycles. The first kappa shape index (κ1) is 42.7.